The van der Waals surface area contributed by atoms with E-state index in [0.29, 0.717) is 6.42 Å². The lowest BCUT2D eigenvalue weighted by Gasteiger charge is -2.32. The number of anilines is 1. The van der Waals surface area contributed by atoms with Gasteiger partial charge in [0, 0.05) is 29.8 Å². The Hall–Kier alpha value is -1.84. The minimum atomic E-state index is -0.295. The Labute approximate surface area is 126 Å². The Morgan fingerprint density at radius 1 is 1.29 bits per heavy atom. The zero-order valence-corrected chi connectivity index (χ0v) is 13.3. The van der Waals surface area contributed by atoms with Crippen LogP contribution in [0.4, 0.5) is 5.69 Å². The number of Topliss-reactive ketones (excluding diaryl/α,β-unsaturated/α-hetero) is 1. The summed E-state index contributed by atoms with van der Waals surface area (Å²) in [6, 6.07) is 7.28. The molecule has 0 saturated carbocycles. The fraction of sp³-hybridized carbons (Fsp3) is 0.529. The van der Waals surface area contributed by atoms with E-state index >= 15 is 0 Å². The van der Waals surface area contributed by atoms with Crippen LogP contribution in [0.5, 0.6) is 0 Å². The molecule has 1 N–H and O–H groups in total. The molecule has 1 aromatic carbocycles. The molecule has 21 heavy (non-hydrogen) atoms. The molecule has 4 heteroatoms. The highest BCUT2D eigenvalue weighted by Gasteiger charge is 2.29. The lowest BCUT2D eigenvalue weighted by Crippen LogP contribution is -2.51. The van der Waals surface area contributed by atoms with Gasteiger partial charge in [-0.2, -0.15) is 0 Å². The maximum absolute atomic E-state index is 12.4. The first-order chi connectivity index (χ1) is 9.79. The van der Waals surface area contributed by atoms with Crippen molar-refractivity contribution in [3.05, 3.63) is 29.8 Å². The minimum absolute atomic E-state index is 0.00773. The SMILES string of the molecule is CC(C(=O)NC(C)(C)C)N1CCCC(=O)c2ccccc21. The summed E-state index contributed by atoms with van der Waals surface area (Å²) in [6.07, 6.45) is 1.32. The maximum atomic E-state index is 12.4. The van der Waals surface area contributed by atoms with Crippen LogP contribution < -0.4 is 10.2 Å². The van der Waals surface area contributed by atoms with Crippen LogP contribution in [0.25, 0.3) is 0 Å². The van der Waals surface area contributed by atoms with Crippen molar-refractivity contribution in [2.75, 3.05) is 11.4 Å². The molecule has 0 fully saturated rings. The Balaban J connectivity index is 2.28. The maximum Gasteiger partial charge on any atom is 0.242 e. The summed E-state index contributed by atoms with van der Waals surface area (Å²) < 4.78 is 0. The summed E-state index contributed by atoms with van der Waals surface area (Å²) in [5, 5.41) is 3.01. The molecule has 0 aliphatic carbocycles. The quantitative estimate of drug-likeness (QED) is 0.910. The fourth-order valence-corrected chi connectivity index (χ4v) is 2.64. The Kier molecular flexibility index (Phi) is 4.35. The number of rotatable bonds is 2. The molecule has 2 rings (SSSR count). The largest absolute Gasteiger partial charge is 0.359 e. The predicted molar refractivity (Wildman–Crippen MR) is 84.7 cm³/mol. The highest BCUT2D eigenvalue weighted by molar-refractivity contribution is 6.02. The van der Waals surface area contributed by atoms with Crippen molar-refractivity contribution in [2.45, 2.75) is 52.1 Å². The standard InChI is InChI=1S/C17H24N2O2/c1-12(16(21)18-17(2,3)4)19-11-7-10-15(20)13-8-5-6-9-14(13)19/h5-6,8-9,12H,7,10-11H2,1-4H3,(H,18,21). The average Bonchev–Trinajstić information content (AvgIpc) is 2.56. The Morgan fingerprint density at radius 2 is 1.95 bits per heavy atom. The Morgan fingerprint density at radius 3 is 2.62 bits per heavy atom. The Bertz CT molecular complexity index is 546. The number of hydrogen-bond acceptors (Lipinski definition) is 3. The summed E-state index contributed by atoms with van der Waals surface area (Å²) in [6.45, 7) is 8.53. The first-order valence-electron chi connectivity index (χ1n) is 7.50. The number of carbonyl (C=O) groups is 2. The number of nitrogens with one attached hydrogen (secondary N) is 1. The van der Waals surface area contributed by atoms with Gasteiger partial charge in [-0.15, -0.1) is 0 Å². The van der Waals surface area contributed by atoms with Crippen LogP contribution in [0.3, 0.4) is 0 Å². The van der Waals surface area contributed by atoms with Crippen LogP contribution in [-0.2, 0) is 4.79 Å². The van der Waals surface area contributed by atoms with E-state index in [0.717, 1.165) is 24.2 Å². The van der Waals surface area contributed by atoms with Gasteiger partial charge in [-0.25, -0.2) is 0 Å². The van der Waals surface area contributed by atoms with E-state index in [-0.39, 0.29) is 23.3 Å². The molecule has 0 bridgehead atoms. The summed E-state index contributed by atoms with van der Waals surface area (Å²) in [5.74, 6) is 0.156. The van der Waals surface area contributed by atoms with E-state index < -0.39 is 0 Å². The molecule has 1 unspecified atom stereocenters. The van der Waals surface area contributed by atoms with Gasteiger partial charge < -0.3 is 10.2 Å². The third-order valence-corrected chi connectivity index (χ3v) is 3.66. The molecule has 114 valence electrons. The predicted octanol–water partition coefficient (Wildman–Crippen LogP) is 2.77. The van der Waals surface area contributed by atoms with Crippen molar-refractivity contribution in [3.8, 4) is 0 Å². The normalized spacial score (nSPS) is 17.0. The summed E-state index contributed by atoms with van der Waals surface area (Å²) in [7, 11) is 0. The van der Waals surface area contributed by atoms with Crippen molar-refractivity contribution >= 4 is 17.4 Å². The van der Waals surface area contributed by atoms with Gasteiger partial charge in [0.15, 0.2) is 5.78 Å². The number of amides is 1. The number of para-hydroxylation sites is 1. The average molecular weight is 288 g/mol. The first-order valence-corrected chi connectivity index (χ1v) is 7.50. The van der Waals surface area contributed by atoms with E-state index in [2.05, 4.69) is 5.32 Å². The molecule has 1 amide bonds. The molecule has 0 radical (unpaired) electrons. The summed E-state index contributed by atoms with van der Waals surface area (Å²) in [5.41, 5.74) is 1.34. The third-order valence-electron chi connectivity index (χ3n) is 3.66. The highest BCUT2D eigenvalue weighted by atomic mass is 16.2. The molecule has 1 aliphatic rings. The van der Waals surface area contributed by atoms with Crippen LogP contribution in [0.1, 0.15) is 50.9 Å². The number of ketones is 1. The monoisotopic (exact) mass is 288 g/mol. The lowest BCUT2D eigenvalue weighted by atomic mass is 10.1. The van der Waals surface area contributed by atoms with Gasteiger partial charge in [0.1, 0.15) is 6.04 Å². The summed E-state index contributed by atoms with van der Waals surface area (Å²) in [4.78, 5) is 26.6. The number of benzene rings is 1. The zero-order valence-electron chi connectivity index (χ0n) is 13.3. The van der Waals surface area contributed by atoms with Crippen molar-refractivity contribution < 1.29 is 9.59 Å². The van der Waals surface area contributed by atoms with Crippen molar-refractivity contribution in [3.63, 3.8) is 0 Å². The van der Waals surface area contributed by atoms with Crippen LogP contribution >= 0.6 is 0 Å². The number of hydrogen-bond donors (Lipinski definition) is 1. The number of nitrogens with zero attached hydrogens (tertiary/aromatic N) is 1. The van der Waals surface area contributed by atoms with E-state index in [1.807, 2.05) is 56.9 Å². The summed E-state index contributed by atoms with van der Waals surface area (Å²) >= 11 is 0. The van der Waals surface area contributed by atoms with Gasteiger partial charge in [-0.3, -0.25) is 9.59 Å². The van der Waals surface area contributed by atoms with Gasteiger partial charge >= 0.3 is 0 Å². The van der Waals surface area contributed by atoms with E-state index in [4.69, 9.17) is 0 Å². The number of fused-ring (bicyclic) bond motifs is 1. The second-order valence-corrected chi connectivity index (χ2v) is 6.65. The molecular formula is C17H24N2O2. The highest BCUT2D eigenvalue weighted by Crippen LogP contribution is 2.27. The van der Waals surface area contributed by atoms with Gasteiger partial charge in [0.2, 0.25) is 5.91 Å². The lowest BCUT2D eigenvalue weighted by molar-refractivity contribution is -0.123. The van der Waals surface area contributed by atoms with Gasteiger partial charge in [0.25, 0.3) is 0 Å². The van der Waals surface area contributed by atoms with Crippen LogP contribution in [-0.4, -0.2) is 29.8 Å². The second kappa shape index (κ2) is 5.88. The van der Waals surface area contributed by atoms with Crippen molar-refractivity contribution in [1.29, 1.82) is 0 Å². The molecule has 1 atom stereocenters. The van der Waals surface area contributed by atoms with E-state index in [1.165, 1.54) is 0 Å². The zero-order chi connectivity index (χ0) is 15.6. The molecule has 1 heterocycles. The van der Waals surface area contributed by atoms with Gasteiger partial charge in [0.05, 0.1) is 0 Å². The first kappa shape index (κ1) is 15.5. The van der Waals surface area contributed by atoms with E-state index in [1.54, 1.807) is 0 Å². The molecular weight excluding hydrogens is 264 g/mol. The van der Waals surface area contributed by atoms with Crippen LogP contribution in [0, 0.1) is 0 Å². The molecule has 1 aliphatic heterocycles. The topological polar surface area (TPSA) is 49.4 Å². The molecule has 0 aromatic heterocycles. The minimum Gasteiger partial charge on any atom is -0.359 e. The third kappa shape index (κ3) is 3.63. The fourth-order valence-electron chi connectivity index (χ4n) is 2.64. The van der Waals surface area contributed by atoms with E-state index in [9.17, 15) is 9.59 Å². The molecule has 0 saturated heterocycles. The molecule has 4 nitrogen and oxygen atoms in total. The molecule has 1 aromatic rings. The molecule has 0 spiro atoms. The number of carbonyl (C=O) groups excluding carboxylic acids is 2. The van der Waals surface area contributed by atoms with Gasteiger partial charge in [-0.05, 0) is 46.2 Å². The smallest absolute Gasteiger partial charge is 0.242 e. The van der Waals surface area contributed by atoms with Crippen LogP contribution in [0.2, 0.25) is 0 Å². The second-order valence-electron chi connectivity index (χ2n) is 6.65. The van der Waals surface area contributed by atoms with Crippen molar-refractivity contribution in [2.24, 2.45) is 0 Å². The van der Waals surface area contributed by atoms with Gasteiger partial charge in [-0.1, -0.05) is 12.1 Å². The van der Waals surface area contributed by atoms with Crippen LogP contribution in [0.15, 0.2) is 24.3 Å². The van der Waals surface area contributed by atoms with Crippen molar-refractivity contribution in [1.82, 2.24) is 5.32 Å².